The zero-order chi connectivity index (χ0) is 5.98. The Morgan fingerprint density at radius 3 is 1.38 bits per heavy atom. The summed E-state index contributed by atoms with van der Waals surface area (Å²) in [4.78, 5) is 0. The van der Waals surface area contributed by atoms with Crippen molar-refractivity contribution in [2.24, 2.45) is 0 Å². The summed E-state index contributed by atoms with van der Waals surface area (Å²) in [6, 6.07) is 0. The van der Waals surface area contributed by atoms with Crippen molar-refractivity contribution in [3.05, 3.63) is 0 Å². The Morgan fingerprint density at radius 2 is 1.38 bits per heavy atom. The van der Waals surface area contributed by atoms with Crippen LogP contribution in [0.15, 0.2) is 0 Å². The van der Waals surface area contributed by atoms with Crippen molar-refractivity contribution in [3.63, 3.8) is 0 Å². The second-order valence-electron chi connectivity index (χ2n) is 2.16. The average molecular weight is 116 g/mol. The Bertz CT molecular complexity index is 62.2. The Hall–Kier alpha value is -0.0800. The standard InChI is InChI=1S/C4H8O.C2H4O/c1-3-4(2)5-3;1-2-3-1/h3-4H,1-2H3;1-2H2. The van der Waals surface area contributed by atoms with E-state index in [0.717, 1.165) is 13.2 Å². The van der Waals surface area contributed by atoms with Gasteiger partial charge in [-0.2, -0.15) is 0 Å². The number of ether oxygens (including phenoxy) is 2. The van der Waals surface area contributed by atoms with Crippen molar-refractivity contribution in [3.8, 4) is 0 Å². The number of epoxide rings is 2. The van der Waals surface area contributed by atoms with E-state index < -0.39 is 0 Å². The van der Waals surface area contributed by atoms with Crippen LogP contribution < -0.4 is 0 Å². The molecule has 8 heavy (non-hydrogen) atoms. The van der Waals surface area contributed by atoms with Gasteiger partial charge in [-0.1, -0.05) is 0 Å². The second kappa shape index (κ2) is 2.46. The van der Waals surface area contributed by atoms with Gasteiger partial charge in [-0.05, 0) is 13.8 Å². The third-order valence-electron chi connectivity index (χ3n) is 1.22. The van der Waals surface area contributed by atoms with Gasteiger partial charge in [0.15, 0.2) is 0 Å². The summed E-state index contributed by atoms with van der Waals surface area (Å²) in [7, 11) is 0. The van der Waals surface area contributed by atoms with Crippen LogP contribution >= 0.6 is 0 Å². The van der Waals surface area contributed by atoms with Crippen LogP contribution in [0.3, 0.4) is 0 Å². The fraction of sp³-hybridized carbons (Fsp3) is 1.00. The molecule has 2 fully saturated rings. The Balaban J connectivity index is 0.0000000907. The second-order valence-corrected chi connectivity index (χ2v) is 2.16. The molecule has 2 aliphatic rings. The lowest BCUT2D eigenvalue weighted by Gasteiger charge is -1.57. The zero-order valence-corrected chi connectivity index (χ0v) is 5.39. The van der Waals surface area contributed by atoms with Crippen LogP contribution in [0.2, 0.25) is 0 Å². The molecule has 0 radical (unpaired) electrons. The average Bonchev–Trinajstić information content (AvgIpc) is 2.44. The smallest absolute Gasteiger partial charge is 0.0811 e. The first kappa shape index (κ1) is 6.05. The minimum absolute atomic E-state index is 0.551. The molecular weight excluding hydrogens is 104 g/mol. The molecule has 2 rings (SSSR count). The third-order valence-corrected chi connectivity index (χ3v) is 1.22. The van der Waals surface area contributed by atoms with E-state index in [9.17, 15) is 0 Å². The monoisotopic (exact) mass is 116 g/mol. The molecule has 2 saturated heterocycles. The van der Waals surface area contributed by atoms with Gasteiger partial charge in [0.25, 0.3) is 0 Å². The van der Waals surface area contributed by atoms with E-state index in [1.807, 2.05) is 0 Å². The lowest BCUT2D eigenvalue weighted by Crippen LogP contribution is -1.74. The molecule has 0 aliphatic carbocycles. The van der Waals surface area contributed by atoms with Gasteiger partial charge in [-0.25, -0.2) is 0 Å². The van der Waals surface area contributed by atoms with E-state index in [0.29, 0.717) is 12.2 Å². The van der Waals surface area contributed by atoms with E-state index >= 15 is 0 Å². The van der Waals surface area contributed by atoms with Gasteiger partial charge in [-0.3, -0.25) is 0 Å². The molecule has 0 aromatic heterocycles. The third kappa shape index (κ3) is 2.99. The van der Waals surface area contributed by atoms with Crippen molar-refractivity contribution in [2.75, 3.05) is 13.2 Å². The predicted octanol–water partition coefficient (Wildman–Crippen LogP) is 0.810. The maximum absolute atomic E-state index is 4.92. The van der Waals surface area contributed by atoms with Gasteiger partial charge in [0.2, 0.25) is 0 Å². The molecule has 0 aromatic rings. The maximum Gasteiger partial charge on any atom is 0.0811 e. The Morgan fingerprint density at radius 1 is 1.12 bits per heavy atom. The highest BCUT2D eigenvalue weighted by molar-refractivity contribution is 4.73. The van der Waals surface area contributed by atoms with Crippen molar-refractivity contribution in [2.45, 2.75) is 26.1 Å². The fourth-order valence-electron chi connectivity index (χ4n) is 0.293. The van der Waals surface area contributed by atoms with Crippen LogP contribution in [0.1, 0.15) is 13.8 Å². The van der Waals surface area contributed by atoms with Crippen LogP contribution in [-0.4, -0.2) is 25.4 Å². The van der Waals surface area contributed by atoms with Gasteiger partial charge in [-0.15, -0.1) is 0 Å². The maximum atomic E-state index is 4.92. The molecule has 2 heterocycles. The lowest BCUT2D eigenvalue weighted by atomic mass is 10.4. The topological polar surface area (TPSA) is 25.1 Å². The van der Waals surface area contributed by atoms with Crippen molar-refractivity contribution in [1.82, 2.24) is 0 Å². The van der Waals surface area contributed by atoms with Gasteiger partial charge >= 0.3 is 0 Å². The van der Waals surface area contributed by atoms with Crippen molar-refractivity contribution in [1.29, 1.82) is 0 Å². The van der Waals surface area contributed by atoms with E-state index in [1.54, 1.807) is 0 Å². The van der Waals surface area contributed by atoms with Gasteiger partial charge in [0.1, 0.15) is 0 Å². The number of hydrogen-bond donors (Lipinski definition) is 0. The van der Waals surface area contributed by atoms with Crippen molar-refractivity contribution >= 4 is 0 Å². The Kier molecular flexibility index (Phi) is 1.86. The summed E-state index contributed by atoms with van der Waals surface area (Å²) < 4.78 is 9.42. The molecule has 2 aliphatic heterocycles. The van der Waals surface area contributed by atoms with Crippen LogP contribution in [0.25, 0.3) is 0 Å². The highest BCUT2D eigenvalue weighted by Crippen LogP contribution is 2.18. The molecule has 2 atom stereocenters. The Labute approximate surface area is 49.8 Å². The number of rotatable bonds is 0. The molecule has 2 unspecified atom stereocenters. The van der Waals surface area contributed by atoms with Crippen LogP contribution in [0.4, 0.5) is 0 Å². The van der Waals surface area contributed by atoms with E-state index in [4.69, 9.17) is 4.74 Å². The first-order valence-electron chi connectivity index (χ1n) is 3.04. The van der Waals surface area contributed by atoms with Crippen LogP contribution in [0.5, 0.6) is 0 Å². The molecule has 0 spiro atoms. The minimum atomic E-state index is 0.551. The van der Waals surface area contributed by atoms with Gasteiger partial charge in [0.05, 0.1) is 25.4 Å². The molecule has 2 nitrogen and oxygen atoms in total. The molecule has 0 amide bonds. The number of hydrogen-bond acceptors (Lipinski definition) is 2. The molecular formula is C6H12O2. The summed E-state index contributed by atoms with van der Waals surface area (Å²) in [5, 5.41) is 0. The van der Waals surface area contributed by atoms with Crippen molar-refractivity contribution < 1.29 is 9.47 Å². The highest BCUT2D eigenvalue weighted by Gasteiger charge is 2.27. The summed E-state index contributed by atoms with van der Waals surface area (Å²) in [6.07, 6.45) is 1.10. The zero-order valence-electron chi connectivity index (χ0n) is 5.39. The molecule has 2 heteroatoms. The first-order valence-corrected chi connectivity index (χ1v) is 3.04. The molecule has 48 valence electrons. The quantitative estimate of drug-likeness (QED) is 0.437. The molecule has 0 N–H and O–H groups in total. The minimum Gasteiger partial charge on any atom is -0.377 e. The largest absolute Gasteiger partial charge is 0.377 e. The van der Waals surface area contributed by atoms with E-state index in [2.05, 4.69) is 18.6 Å². The summed E-state index contributed by atoms with van der Waals surface area (Å²) >= 11 is 0. The van der Waals surface area contributed by atoms with Crippen LogP contribution in [0, 0.1) is 0 Å². The molecule has 0 bridgehead atoms. The molecule has 0 saturated carbocycles. The predicted molar refractivity (Wildman–Crippen MR) is 30.8 cm³/mol. The summed E-state index contributed by atoms with van der Waals surface area (Å²) in [5.41, 5.74) is 0. The lowest BCUT2D eigenvalue weighted by molar-refractivity contribution is 0.389. The van der Waals surface area contributed by atoms with Gasteiger partial charge < -0.3 is 9.47 Å². The van der Waals surface area contributed by atoms with Gasteiger partial charge in [0, 0.05) is 0 Å². The molecule has 0 aromatic carbocycles. The van der Waals surface area contributed by atoms with Crippen LogP contribution in [-0.2, 0) is 9.47 Å². The first-order chi connectivity index (χ1) is 3.80. The highest BCUT2D eigenvalue weighted by atomic mass is 16.6. The summed E-state index contributed by atoms with van der Waals surface area (Å²) in [6.45, 7) is 6.15. The van der Waals surface area contributed by atoms with E-state index in [1.165, 1.54) is 0 Å². The SMILES string of the molecule is C1CO1.CC1OC1C. The van der Waals surface area contributed by atoms with E-state index in [-0.39, 0.29) is 0 Å². The summed E-state index contributed by atoms with van der Waals surface area (Å²) in [5.74, 6) is 0. The normalized spacial score (nSPS) is 39.8. The fourth-order valence-corrected chi connectivity index (χ4v) is 0.293.